The Labute approximate surface area is 420 Å². The van der Waals surface area contributed by atoms with E-state index in [-0.39, 0.29) is 41.3 Å². The molecule has 2 saturated carbocycles. The molecule has 0 unspecified atom stereocenters. The zero-order chi connectivity index (χ0) is 46.9. The number of hydrazine groups is 2. The Morgan fingerprint density at radius 2 is 0.871 bits per heavy atom. The Hall–Kier alpha value is -1.70. The zero-order valence-electron chi connectivity index (χ0n) is 36.9. The molecule has 4 aromatic carbocycles. The number of anilines is 3. The summed E-state index contributed by atoms with van der Waals surface area (Å²) in [5, 5.41) is 0. The van der Waals surface area contributed by atoms with Gasteiger partial charge in [0, 0.05) is 55.0 Å². The van der Waals surface area contributed by atoms with E-state index >= 15 is 0 Å². The van der Waals surface area contributed by atoms with Crippen molar-refractivity contribution in [2.75, 3.05) is 48.9 Å². The van der Waals surface area contributed by atoms with Gasteiger partial charge in [0.15, 0.2) is 23.1 Å². The molecule has 0 atom stereocenters. The third-order valence-corrected chi connectivity index (χ3v) is 9.75. The van der Waals surface area contributed by atoms with Gasteiger partial charge in [-0.1, -0.05) is 71.1 Å². The second kappa shape index (κ2) is 32.1. The summed E-state index contributed by atoms with van der Waals surface area (Å²) in [5.74, 6) is 12.4. The zero-order valence-corrected chi connectivity index (χ0v) is 46.9. The van der Waals surface area contributed by atoms with Crippen molar-refractivity contribution in [2.45, 2.75) is 73.1 Å². The summed E-state index contributed by atoms with van der Waals surface area (Å²) < 4.78 is 9.54. The first-order valence-corrected chi connectivity index (χ1v) is 35.5. The van der Waals surface area contributed by atoms with Crippen molar-refractivity contribution in [2.24, 2.45) is 23.5 Å². The predicted octanol–water partition coefficient (Wildman–Crippen LogP) is 11.8. The molecular weight excluding hydrogens is 1280 g/mol. The molecule has 0 aliphatic heterocycles. The molecule has 2 aliphatic rings. The molecule has 6 rings (SSSR count). The van der Waals surface area contributed by atoms with Crippen LogP contribution >= 0.6 is 82.5 Å². The van der Waals surface area contributed by atoms with Crippen LogP contribution in [0.15, 0.2) is 72.8 Å². The van der Waals surface area contributed by atoms with Crippen LogP contribution in [-0.2, 0) is 14.4 Å². The van der Waals surface area contributed by atoms with E-state index in [0.717, 1.165) is 50.3 Å². The standard InChI is InChI=1S/C12H16N2O.C12H15NO.C11H14O2.C10H14N2O2.CH3I.3HI.V/c1-8-2-5-10(7-11(8)14-13)12(15)6-9-3-4-9;1-8-2-5-10(7-11(8)13)12(14)6-9-3-4-9;1-8-4-5-10(6-9(8)2)11(12)7-13-3;1-7-3-4-8(5-9(7)12-11)10(13)6-14-2;1-2;;;;/h2,5,7,9,14H,3-4,6,13H2,1H3;2,5,7,9H,3-4,6,13H2,1H3;4-6H,7H2,1-3H3;3-5,12H,6,11H2,1-2H3;1H3;3*1H;/q;;;;;;;;+3/p-3. The first-order valence-electron chi connectivity index (χ1n) is 19.8. The van der Waals surface area contributed by atoms with E-state index in [1.807, 2.05) is 94.1 Å². The number of ether oxygens (including phenoxy) is 2. The average molecular weight is 1340 g/mol. The number of hydrogen-bond donors (Lipinski definition) is 5. The van der Waals surface area contributed by atoms with Crippen LogP contribution < -0.4 is 28.3 Å². The number of aryl methyl sites for hydroxylation is 5. The second-order valence-electron chi connectivity index (χ2n) is 14.8. The topological polar surface area (TPSA) is 189 Å². The van der Waals surface area contributed by atoms with Crippen molar-refractivity contribution in [1.82, 2.24) is 0 Å². The number of carbonyl (C=O) groups excluding carboxylic acids is 4. The molecule has 0 bridgehead atoms. The molecule has 11 nitrogen and oxygen atoms in total. The van der Waals surface area contributed by atoms with Crippen molar-refractivity contribution < 1.29 is 33.6 Å². The third kappa shape index (κ3) is 23.5. The van der Waals surface area contributed by atoms with Crippen molar-refractivity contribution >= 4 is 123 Å². The van der Waals surface area contributed by atoms with E-state index in [4.69, 9.17) is 26.9 Å². The van der Waals surface area contributed by atoms with Gasteiger partial charge in [-0.05, 0) is 129 Å². The molecule has 0 spiro atoms. The number of rotatable bonds is 14. The van der Waals surface area contributed by atoms with Crippen molar-refractivity contribution in [3.8, 4) is 0 Å². The Morgan fingerprint density at radius 1 is 0.548 bits per heavy atom. The van der Waals surface area contributed by atoms with Crippen LogP contribution in [0.3, 0.4) is 0 Å². The molecule has 0 saturated heterocycles. The van der Waals surface area contributed by atoms with Gasteiger partial charge < -0.3 is 26.1 Å². The molecular formula is C46H62I4N5O6V. The monoisotopic (exact) mass is 1340 g/mol. The Balaban J connectivity index is 0.000000396. The first kappa shape index (κ1) is 58.3. The Bertz CT molecular complexity index is 2040. The molecule has 2 fully saturated rings. The molecule has 0 amide bonds. The van der Waals surface area contributed by atoms with Crippen LogP contribution in [0.25, 0.3) is 0 Å². The van der Waals surface area contributed by atoms with Crippen LogP contribution in [0.4, 0.5) is 17.1 Å². The van der Waals surface area contributed by atoms with Crippen LogP contribution in [0.5, 0.6) is 0 Å². The minimum absolute atomic E-state index is 0.0330. The summed E-state index contributed by atoms with van der Waals surface area (Å²) in [6.45, 7) is 10.1. The van der Waals surface area contributed by atoms with Gasteiger partial charge in [-0.25, -0.2) is 0 Å². The van der Waals surface area contributed by atoms with Gasteiger partial charge in [0.05, 0.1) is 11.4 Å². The van der Waals surface area contributed by atoms with E-state index in [2.05, 4.69) is 93.4 Å². The molecule has 16 heteroatoms. The van der Waals surface area contributed by atoms with Crippen LogP contribution in [0.1, 0.15) is 108 Å². The van der Waals surface area contributed by atoms with E-state index in [1.165, 1.54) is 45.5 Å². The second-order valence-corrected chi connectivity index (χ2v) is 50.1. The van der Waals surface area contributed by atoms with E-state index < -0.39 is 0 Å². The molecule has 8 N–H and O–H groups in total. The summed E-state index contributed by atoms with van der Waals surface area (Å²) in [4.78, 5) is 48.0. The summed E-state index contributed by atoms with van der Waals surface area (Å²) >= 11 is 9.54. The normalized spacial score (nSPS) is 12.2. The quantitative estimate of drug-likeness (QED) is 0.0202. The van der Waals surface area contributed by atoms with Gasteiger partial charge in [0.2, 0.25) is 0 Å². The molecule has 0 heterocycles. The van der Waals surface area contributed by atoms with Gasteiger partial charge in [0.1, 0.15) is 13.2 Å². The van der Waals surface area contributed by atoms with Crippen molar-refractivity contribution in [3.63, 3.8) is 0 Å². The number of nitrogens with one attached hydrogen (secondary N) is 2. The van der Waals surface area contributed by atoms with E-state index in [1.54, 1.807) is 18.2 Å². The number of hydrogen-bond acceptors (Lipinski definition) is 11. The number of carbonyl (C=O) groups is 4. The van der Waals surface area contributed by atoms with Gasteiger partial charge in [-0.3, -0.25) is 30.9 Å². The van der Waals surface area contributed by atoms with E-state index in [0.29, 0.717) is 35.9 Å². The van der Waals surface area contributed by atoms with Crippen LogP contribution in [-0.4, -0.2) is 55.5 Å². The number of ketones is 4. The SMILES string of the molecule is CI.COCC(=O)c1ccc(C)c(C)c1.COCC(=O)c1ccc(C)c(NN)c1.Cc1ccc(C(=O)CC2CC2)cc1N.Cc1ccc(C(=O)CC2CC2)cc1NN.[I][V]([I])[I]. The number of nitrogens with two attached hydrogens (primary N) is 3. The molecule has 62 heavy (non-hydrogen) atoms. The Kier molecular flexibility index (Phi) is 30.2. The van der Waals surface area contributed by atoms with Crippen molar-refractivity contribution in [1.29, 1.82) is 0 Å². The molecule has 2 aliphatic carbocycles. The summed E-state index contributed by atoms with van der Waals surface area (Å²) in [7, 11) is 3.02. The van der Waals surface area contributed by atoms with Crippen molar-refractivity contribution in [3.05, 3.63) is 123 Å². The van der Waals surface area contributed by atoms with Gasteiger partial charge in [0.25, 0.3) is 0 Å². The van der Waals surface area contributed by atoms with Crippen LogP contribution in [0, 0.1) is 46.5 Å². The molecule has 340 valence electrons. The fourth-order valence-electron chi connectivity index (χ4n) is 5.46. The Morgan fingerprint density at radius 3 is 1.19 bits per heavy atom. The predicted molar refractivity (Wildman–Crippen MR) is 287 cm³/mol. The van der Waals surface area contributed by atoms with Crippen LogP contribution in [0.2, 0.25) is 0 Å². The average Bonchev–Trinajstić information content (AvgIpc) is 4.20. The number of alkyl halides is 1. The molecule has 0 aromatic heterocycles. The molecule has 4 aromatic rings. The maximum absolute atomic E-state index is 11.8. The maximum atomic E-state index is 11.8. The molecule has 0 radical (unpaired) electrons. The first-order chi connectivity index (χ1) is 29.4. The number of Topliss-reactive ketones (excluding diaryl/α,β-unsaturated/α-hetero) is 4. The summed E-state index contributed by atoms with van der Waals surface area (Å²) in [6, 6.07) is 22.2. The number of nitrogen functional groups attached to an aromatic ring is 3. The fraction of sp³-hybridized carbons (Fsp3) is 0.391. The van der Waals surface area contributed by atoms with Gasteiger partial charge >= 0.3 is 64.9 Å². The fourth-order valence-corrected chi connectivity index (χ4v) is 5.46. The van der Waals surface area contributed by atoms with Gasteiger partial charge in [-0.2, -0.15) is 0 Å². The number of methoxy groups -OCH3 is 2. The van der Waals surface area contributed by atoms with Gasteiger partial charge in [-0.15, -0.1) is 0 Å². The minimum atomic E-state index is -0.278. The number of halogens is 4. The summed E-state index contributed by atoms with van der Waals surface area (Å²) in [6.07, 6.45) is 6.23. The summed E-state index contributed by atoms with van der Waals surface area (Å²) in [5.41, 5.74) is 21.5. The number of benzene rings is 4. The van der Waals surface area contributed by atoms with E-state index in [9.17, 15) is 19.2 Å². The third-order valence-electron chi connectivity index (χ3n) is 9.75.